The molecule has 0 atom stereocenters. The molecule has 0 spiro atoms. The van der Waals surface area contributed by atoms with Gasteiger partial charge in [0, 0.05) is 25.4 Å². The first kappa shape index (κ1) is 20.6. The number of para-hydroxylation sites is 1. The third-order valence-electron chi connectivity index (χ3n) is 4.92. The van der Waals surface area contributed by atoms with Crippen LogP contribution in [0.3, 0.4) is 0 Å². The number of carbonyl (C=O) groups is 1. The van der Waals surface area contributed by atoms with Gasteiger partial charge in [-0.05, 0) is 51.2 Å². The second-order valence-corrected chi connectivity index (χ2v) is 7.76. The molecule has 0 fully saturated rings. The molecule has 28 heavy (non-hydrogen) atoms. The molecule has 1 aromatic heterocycles. The van der Waals surface area contributed by atoms with Crippen LogP contribution in [0, 0.1) is 0 Å². The number of benzene rings is 1. The van der Waals surface area contributed by atoms with Crippen LogP contribution in [0.5, 0.6) is 0 Å². The van der Waals surface area contributed by atoms with E-state index in [1.807, 2.05) is 30.0 Å². The minimum Gasteiger partial charge on any atom is -0.396 e. The van der Waals surface area contributed by atoms with E-state index >= 15 is 0 Å². The van der Waals surface area contributed by atoms with Crippen molar-refractivity contribution in [3.05, 3.63) is 46.4 Å². The van der Waals surface area contributed by atoms with E-state index in [2.05, 4.69) is 11.1 Å². The van der Waals surface area contributed by atoms with E-state index in [1.165, 1.54) is 18.2 Å². The molecule has 150 valence electrons. The van der Waals surface area contributed by atoms with Crippen LogP contribution in [0.25, 0.3) is 10.9 Å². The van der Waals surface area contributed by atoms with Crippen molar-refractivity contribution in [1.29, 1.82) is 0 Å². The van der Waals surface area contributed by atoms with E-state index < -0.39 is 0 Å². The highest BCUT2D eigenvalue weighted by atomic mass is 32.2. The number of fused-ring (bicyclic) bond motifs is 1. The van der Waals surface area contributed by atoms with Crippen molar-refractivity contribution in [2.45, 2.75) is 50.7 Å². The van der Waals surface area contributed by atoms with Crippen LogP contribution in [0.1, 0.15) is 39.0 Å². The van der Waals surface area contributed by atoms with Gasteiger partial charge in [0.05, 0.1) is 16.7 Å². The Labute approximate surface area is 169 Å². The van der Waals surface area contributed by atoms with E-state index in [1.54, 1.807) is 10.6 Å². The van der Waals surface area contributed by atoms with Crippen molar-refractivity contribution in [3.8, 4) is 0 Å². The minimum atomic E-state index is -0.128. The Morgan fingerprint density at radius 2 is 2.14 bits per heavy atom. The maximum absolute atomic E-state index is 12.9. The standard InChI is InChI=1S/C21H27N3O3S/c1-2-23(16-9-4-3-5-10-16)19(26)15-28-21-22-18-12-7-6-11-17(18)20(27)24(21)13-8-14-25/h6-7,9,11-12,25H,2-5,8,10,13-15H2,1H3. The molecule has 1 aromatic carbocycles. The summed E-state index contributed by atoms with van der Waals surface area (Å²) < 4.78 is 1.58. The molecule has 0 radical (unpaired) electrons. The van der Waals surface area contributed by atoms with Crippen LogP contribution in [0.15, 0.2) is 46.0 Å². The molecule has 0 saturated heterocycles. The van der Waals surface area contributed by atoms with Crippen LogP contribution in [0.2, 0.25) is 0 Å². The van der Waals surface area contributed by atoms with Gasteiger partial charge in [0.1, 0.15) is 0 Å². The fourth-order valence-corrected chi connectivity index (χ4v) is 4.40. The second kappa shape index (κ2) is 9.89. The molecule has 2 aromatic rings. The Morgan fingerprint density at radius 3 is 2.86 bits per heavy atom. The maximum Gasteiger partial charge on any atom is 0.262 e. The zero-order valence-corrected chi connectivity index (χ0v) is 17.1. The van der Waals surface area contributed by atoms with Crippen LogP contribution in [-0.2, 0) is 11.3 Å². The van der Waals surface area contributed by atoms with Crippen LogP contribution >= 0.6 is 11.8 Å². The van der Waals surface area contributed by atoms with Gasteiger partial charge in [0.15, 0.2) is 5.16 Å². The van der Waals surface area contributed by atoms with Crippen molar-refractivity contribution in [1.82, 2.24) is 14.5 Å². The van der Waals surface area contributed by atoms with E-state index in [0.717, 1.165) is 25.0 Å². The smallest absolute Gasteiger partial charge is 0.262 e. The third-order valence-corrected chi connectivity index (χ3v) is 5.88. The molecule has 1 heterocycles. The number of hydrogen-bond acceptors (Lipinski definition) is 5. The van der Waals surface area contributed by atoms with Crippen LogP contribution in [-0.4, -0.2) is 44.4 Å². The molecule has 0 bridgehead atoms. The number of carbonyl (C=O) groups excluding carboxylic acids is 1. The van der Waals surface area contributed by atoms with E-state index in [-0.39, 0.29) is 23.8 Å². The van der Waals surface area contributed by atoms with Gasteiger partial charge in [-0.1, -0.05) is 30.0 Å². The first-order valence-corrected chi connectivity index (χ1v) is 10.9. The number of rotatable bonds is 8. The highest BCUT2D eigenvalue weighted by Gasteiger charge is 2.19. The highest BCUT2D eigenvalue weighted by molar-refractivity contribution is 7.99. The van der Waals surface area contributed by atoms with Gasteiger partial charge in [0.2, 0.25) is 5.91 Å². The Balaban J connectivity index is 1.83. The Kier molecular flexibility index (Phi) is 7.28. The molecule has 0 unspecified atom stereocenters. The lowest BCUT2D eigenvalue weighted by molar-refractivity contribution is -0.126. The highest BCUT2D eigenvalue weighted by Crippen LogP contribution is 2.23. The van der Waals surface area contributed by atoms with E-state index in [9.17, 15) is 14.7 Å². The average molecular weight is 402 g/mol. The average Bonchev–Trinajstić information content (AvgIpc) is 2.73. The third kappa shape index (κ3) is 4.64. The number of amides is 1. The maximum atomic E-state index is 12.9. The Bertz CT molecular complexity index is 923. The zero-order valence-electron chi connectivity index (χ0n) is 16.3. The number of aliphatic hydroxyl groups excluding tert-OH is 1. The summed E-state index contributed by atoms with van der Waals surface area (Å²) in [5.41, 5.74) is 1.62. The molecule has 1 aliphatic carbocycles. The van der Waals surface area contributed by atoms with E-state index in [4.69, 9.17) is 0 Å². The summed E-state index contributed by atoms with van der Waals surface area (Å²) in [6, 6.07) is 7.23. The van der Waals surface area contributed by atoms with Crippen molar-refractivity contribution in [2.75, 3.05) is 18.9 Å². The van der Waals surface area contributed by atoms with Crippen molar-refractivity contribution in [3.63, 3.8) is 0 Å². The monoisotopic (exact) mass is 401 g/mol. The van der Waals surface area contributed by atoms with Gasteiger partial charge in [-0.25, -0.2) is 4.98 Å². The molecule has 0 aliphatic heterocycles. The number of nitrogens with zero attached hydrogens (tertiary/aromatic N) is 3. The van der Waals surface area contributed by atoms with Crippen molar-refractivity contribution < 1.29 is 9.90 Å². The van der Waals surface area contributed by atoms with Crippen LogP contribution < -0.4 is 5.56 Å². The molecular weight excluding hydrogens is 374 g/mol. The number of hydrogen-bond donors (Lipinski definition) is 1. The first-order chi connectivity index (χ1) is 13.7. The van der Waals surface area contributed by atoms with Gasteiger partial charge >= 0.3 is 0 Å². The number of thioether (sulfide) groups is 1. The number of aromatic nitrogens is 2. The SMILES string of the molecule is CCN(C(=O)CSc1nc2ccccc2c(=O)n1CCCO)C1=CCCCC1. The second-order valence-electron chi connectivity index (χ2n) is 6.81. The van der Waals surface area contributed by atoms with Gasteiger partial charge in [-0.15, -0.1) is 0 Å². The summed E-state index contributed by atoms with van der Waals surface area (Å²) in [4.78, 5) is 32.2. The van der Waals surface area contributed by atoms with Crippen molar-refractivity contribution >= 4 is 28.6 Å². The molecule has 6 nitrogen and oxygen atoms in total. The Hall–Kier alpha value is -2.12. The van der Waals surface area contributed by atoms with Gasteiger partial charge in [-0.2, -0.15) is 0 Å². The van der Waals surface area contributed by atoms with E-state index in [0.29, 0.717) is 35.6 Å². The normalized spacial score (nSPS) is 14.1. The molecular formula is C21H27N3O3S. The largest absolute Gasteiger partial charge is 0.396 e. The summed E-state index contributed by atoms with van der Waals surface area (Å²) in [5.74, 6) is 0.270. The first-order valence-electron chi connectivity index (χ1n) is 9.88. The quantitative estimate of drug-likeness (QED) is 0.543. The lowest BCUT2D eigenvalue weighted by Crippen LogP contribution is -2.32. The summed E-state index contributed by atoms with van der Waals surface area (Å²) in [6.07, 6.45) is 6.91. The molecule has 0 saturated carbocycles. The van der Waals surface area contributed by atoms with Crippen LogP contribution in [0.4, 0.5) is 0 Å². The summed E-state index contributed by atoms with van der Waals surface area (Å²) >= 11 is 1.29. The number of aliphatic hydroxyl groups is 1. The summed E-state index contributed by atoms with van der Waals surface area (Å²) in [6.45, 7) is 3.02. The molecule has 1 amide bonds. The molecule has 3 rings (SSSR count). The predicted molar refractivity (Wildman–Crippen MR) is 112 cm³/mol. The van der Waals surface area contributed by atoms with Crippen molar-refractivity contribution in [2.24, 2.45) is 0 Å². The lowest BCUT2D eigenvalue weighted by Gasteiger charge is -2.26. The molecule has 1 aliphatic rings. The van der Waals surface area contributed by atoms with Gasteiger partial charge in [0.25, 0.3) is 5.56 Å². The molecule has 1 N–H and O–H groups in total. The topological polar surface area (TPSA) is 75.4 Å². The predicted octanol–water partition coefficient (Wildman–Crippen LogP) is 3.18. The zero-order chi connectivity index (χ0) is 19.9. The molecule has 7 heteroatoms. The number of allylic oxidation sites excluding steroid dienone is 2. The lowest BCUT2D eigenvalue weighted by atomic mass is 10.0. The van der Waals surface area contributed by atoms with Gasteiger partial charge < -0.3 is 10.0 Å². The fraction of sp³-hybridized carbons (Fsp3) is 0.476. The summed E-state index contributed by atoms with van der Waals surface area (Å²) in [5, 5.41) is 10.3. The van der Waals surface area contributed by atoms with Gasteiger partial charge in [-0.3, -0.25) is 14.2 Å². The summed E-state index contributed by atoms with van der Waals surface area (Å²) in [7, 11) is 0. The fourth-order valence-electron chi connectivity index (χ4n) is 3.49. The minimum absolute atomic E-state index is 0.0000707. The Morgan fingerprint density at radius 1 is 1.32 bits per heavy atom.